The van der Waals surface area contributed by atoms with Crippen LogP contribution in [0.5, 0.6) is 0 Å². The zero-order valence-corrected chi connectivity index (χ0v) is 17.9. The molecule has 2 amide bonds. The Hall–Kier alpha value is -2.77. The van der Waals surface area contributed by atoms with E-state index in [4.69, 9.17) is 4.74 Å². The lowest BCUT2D eigenvalue weighted by atomic mass is 10.0. The summed E-state index contributed by atoms with van der Waals surface area (Å²) in [6.07, 6.45) is 0.261. The Morgan fingerprint density at radius 1 is 1.14 bits per heavy atom. The number of ether oxygens (including phenoxy) is 1. The first-order chi connectivity index (χ1) is 13.9. The Morgan fingerprint density at radius 2 is 1.93 bits per heavy atom. The van der Waals surface area contributed by atoms with Crippen molar-refractivity contribution >= 4 is 39.1 Å². The van der Waals surface area contributed by atoms with Gasteiger partial charge in [0, 0.05) is 26.3 Å². The quantitative estimate of drug-likeness (QED) is 0.674. The lowest BCUT2D eigenvalue weighted by molar-refractivity contribution is -0.117. The molecule has 0 spiro atoms. The van der Waals surface area contributed by atoms with Gasteiger partial charge in [-0.1, -0.05) is 29.5 Å². The minimum Gasteiger partial charge on any atom is -0.383 e. The van der Waals surface area contributed by atoms with Crippen LogP contribution in [0, 0.1) is 13.8 Å². The molecule has 152 valence electrons. The molecule has 0 unspecified atom stereocenters. The minimum atomic E-state index is -0.187. The van der Waals surface area contributed by atoms with Gasteiger partial charge in [-0.3, -0.25) is 9.59 Å². The summed E-state index contributed by atoms with van der Waals surface area (Å²) in [6.45, 7) is 6.67. The third-order valence-electron chi connectivity index (χ3n) is 4.67. The summed E-state index contributed by atoms with van der Waals surface area (Å²) >= 11 is 1.43. The van der Waals surface area contributed by atoms with E-state index in [1.54, 1.807) is 7.11 Å². The molecular weight excluding hydrogens is 386 g/mol. The van der Waals surface area contributed by atoms with Crippen LogP contribution in [0.2, 0.25) is 0 Å². The standard InChI is InChI=1S/C22H25N3O3S/c1-14-5-6-17(11-15(14)2)12-21(27)24-22-25(9-10-28-4)19-8-7-18(23-16(3)26)13-20(19)29-22/h5-8,11,13H,9-10,12H2,1-4H3,(H,23,26). The van der Waals surface area contributed by atoms with Gasteiger partial charge < -0.3 is 14.6 Å². The molecule has 0 bridgehead atoms. The normalized spacial score (nSPS) is 11.8. The van der Waals surface area contributed by atoms with Gasteiger partial charge in [0.05, 0.1) is 23.2 Å². The molecule has 7 heteroatoms. The predicted octanol–water partition coefficient (Wildman–Crippen LogP) is 3.59. The molecule has 1 N–H and O–H groups in total. The fourth-order valence-electron chi connectivity index (χ4n) is 3.07. The number of thiazole rings is 1. The summed E-state index contributed by atoms with van der Waals surface area (Å²) in [4.78, 5) is 29.0. The molecule has 6 nitrogen and oxygen atoms in total. The van der Waals surface area contributed by atoms with Crippen molar-refractivity contribution in [1.82, 2.24) is 4.57 Å². The van der Waals surface area contributed by atoms with Crippen LogP contribution in [-0.2, 0) is 27.3 Å². The molecule has 0 atom stereocenters. The van der Waals surface area contributed by atoms with Crippen LogP contribution in [0.15, 0.2) is 41.4 Å². The van der Waals surface area contributed by atoms with Crippen LogP contribution in [0.25, 0.3) is 10.2 Å². The molecule has 0 saturated carbocycles. The Morgan fingerprint density at radius 3 is 2.62 bits per heavy atom. The SMILES string of the molecule is COCCn1c(=NC(=O)Cc2ccc(C)c(C)c2)sc2cc(NC(C)=O)ccc21. The van der Waals surface area contributed by atoms with Gasteiger partial charge in [0.15, 0.2) is 4.80 Å². The highest BCUT2D eigenvalue weighted by Gasteiger charge is 2.10. The number of methoxy groups -OCH3 is 1. The number of carbonyl (C=O) groups is 2. The molecule has 0 aliphatic rings. The first kappa shape index (κ1) is 21.0. The number of aromatic nitrogens is 1. The number of benzene rings is 2. The third-order valence-corrected chi connectivity index (χ3v) is 5.71. The maximum absolute atomic E-state index is 12.6. The second-order valence-corrected chi connectivity index (χ2v) is 8.00. The highest BCUT2D eigenvalue weighted by molar-refractivity contribution is 7.16. The van der Waals surface area contributed by atoms with Crippen molar-refractivity contribution in [3.63, 3.8) is 0 Å². The van der Waals surface area contributed by atoms with Gasteiger partial charge in [0.25, 0.3) is 5.91 Å². The molecule has 29 heavy (non-hydrogen) atoms. The first-order valence-corrected chi connectivity index (χ1v) is 10.2. The monoisotopic (exact) mass is 411 g/mol. The number of anilines is 1. The number of aryl methyl sites for hydroxylation is 2. The van der Waals surface area contributed by atoms with Gasteiger partial charge in [0.1, 0.15) is 0 Å². The first-order valence-electron chi connectivity index (χ1n) is 9.41. The van der Waals surface area contributed by atoms with E-state index in [1.807, 2.05) is 47.9 Å². The predicted molar refractivity (Wildman–Crippen MR) is 116 cm³/mol. The van der Waals surface area contributed by atoms with Crippen molar-refractivity contribution in [2.75, 3.05) is 19.0 Å². The largest absolute Gasteiger partial charge is 0.383 e. The summed E-state index contributed by atoms with van der Waals surface area (Å²) in [6, 6.07) is 11.7. The topological polar surface area (TPSA) is 72.7 Å². The smallest absolute Gasteiger partial charge is 0.252 e. The average Bonchev–Trinajstić information content (AvgIpc) is 2.98. The number of rotatable bonds is 6. The van der Waals surface area contributed by atoms with E-state index in [0.717, 1.165) is 27.0 Å². The fourth-order valence-corrected chi connectivity index (χ4v) is 4.19. The number of amides is 2. The van der Waals surface area contributed by atoms with E-state index in [0.29, 0.717) is 18.0 Å². The third kappa shape index (κ3) is 5.19. The molecule has 2 aromatic carbocycles. The van der Waals surface area contributed by atoms with Crippen LogP contribution < -0.4 is 10.1 Å². The average molecular weight is 412 g/mol. The van der Waals surface area contributed by atoms with E-state index in [1.165, 1.54) is 23.8 Å². The summed E-state index contributed by atoms with van der Waals surface area (Å²) in [5, 5.41) is 2.79. The molecular formula is C22H25N3O3S. The number of nitrogens with zero attached hydrogens (tertiary/aromatic N) is 2. The molecule has 3 aromatic rings. The van der Waals surface area contributed by atoms with Crippen LogP contribution >= 0.6 is 11.3 Å². The fraction of sp³-hybridized carbons (Fsp3) is 0.318. The highest BCUT2D eigenvalue weighted by Crippen LogP contribution is 2.22. The Balaban J connectivity index is 1.97. The summed E-state index contributed by atoms with van der Waals surface area (Å²) in [5.41, 5.74) is 5.00. The number of carbonyl (C=O) groups excluding carboxylic acids is 2. The maximum atomic E-state index is 12.6. The summed E-state index contributed by atoms with van der Waals surface area (Å²) < 4.78 is 8.16. The second-order valence-electron chi connectivity index (χ2n) is 6.99. The van der Waals surface area contributed by atoms with Gasteiger partial charge in [-0.25, -0.2) is 0 Å². The van der Waals surface area contributed by atoms with Gasteiger partial charge >= 0.3 is 0 Å². The molecule has 0 fully saturated rings. The van der Waals surface area contributed by atoms with Crippen molar-refractivity contribution in [2.45, 2.75) is 33.7 Å². The Kier molecular flexibility index (Phi) is 6.61. The number of fused-ring (bicyclic) bond motifs is 1. The lowest BCUT2D eigenvalue weighted by Gasteiger charge is -2.06. The summed E-state index contributed by atoms with van der Waals surface area (Å²) in [5.74, 6) is -0.310. The van der Waals surface area contributed by atoms with Gasteiger partial charge in [-0.15, -0.1) is 0 Å². The molecule has 0 aliphatic heterocycles. The van der Waals surface area contributed by atoms with Crippen molar-refractivity contribution in [1.29, 1.82) is 0 Å². The zero-order chi connectivity index (χ0) is 21.0. The maximum Gasteiger partial charge on any atom is 0.252 e. The van der Waals surface area contributed by atoms with Crippen LogP contribution in [0.1, 0.15) is 23.6 Å². The van der Waals surface area contributed by atoms with E-state index >= 15 is 0 Å². The van der Waals surface area contributed by atoms with E-state index in [2.05, 4.69) is 17.2 Å². The van der Waals surface area contributed by atoms with Crippen molar-refractivity contribution in [2.24, 2.45) is 4.99 Å². The highest BCUT2D eigenvalue weighted by atomic mass is 32.1. The van der Waals surface area contributed by atoms with Crippen molar-refractivity contribution in [3.05, 3.63) is 57.9 Å². The van der Waals surface area contributed by atoms with Gasteiger partial charge in [0.2, 0.25) is 5.91 Å². The van der Waals surface area contributed by atoms with Crippen LogP contribution in [-0.4, -0.2) is 30.1 Å². The van der Waals surface area contributed by atoms with Gasteiger partial charge in [-0.05, 0) is 48.7 Å². The minimum absolute atomic E-state index is 0.123. The molecule has 0 radical (unpaired) electrons. The number of hydrogen-bond donors (Lipinski definition) is 1. The van der Waals surface area contributed by atoms with E-state index in [-0.39, 0.29) is 18.2 Å². The Labute approximate surface area is 173 Å². The second kappa shape index (κ2) is 9.15. The Bertz CT molecular complexity index is 1130. The van der Waals surface area contributed by atoms with Crippen molar-refractivity contribution in [3.8, 4) is 0 Å². The van der Waals surface area contributed by atoms with Crippen molar-refractivity contribution < 1.29 is 14.3 Å². The van der Waals surface area contributed by atoms with Crippen LogP contribution in [0.3, 0.4) is 0 Å². The molecule has 0 aliphatic carbocycles. The van der Waals surface area contributed by atoms with E-state index < -0.39 is 0 Å². The number of hydrogen-bond acceptors (Lipinski definition) is 4. The van der Waals surface area contributed by atoms with Crippen LogP contribution in [0.4, 0.5) is 5.69 Å². The van der Waals surface area contributed by atoms with Gasteiger partial charge in [-0.2, -0.15) is 4.99 Å². The zero-order valence-electron chi connectivity index (χ0n) is 17.1. The molecule has 1 heterocycles. The molecule has 0 saturated heterocycles. The molecule has 1 aromatic heterocycles. The molecule has 3 rings (SSSR count). The lowest BCUT2D eigenvalue weighted by Crippen LogP contribution is -2.19. The van der Waals surface area contributed by atoms with E-state index in [9.17, 15) is 9.59 Å². The summed E-state index contributed by atoms with van der Waals surface area (Å²) in [7, 11) is 1.64. The number of nitrogens with one attached hydrogen (secondary N) is 1.